The monoisotopic (exact) mass is 271 g/mol. The fraction of sp³-hybridized carbons (Fsp3) is 0.188. The van der Waals surface area contributed by atoms with Gasteiger partial charge in [-0.3, -0.25) is 4.99 Å². The average molecular weight is 271 g/mol. The van der Waals surface area contributed by atoms with Gasteiger partial charge in [-0.25, -0.2) is 0 Å². The van der Waals surface area contributed by atoms with Gasteiger partial charge in [0.2, 0.25) is 0 Å². The third kappa shape index (κ3) is 3.51. The van der Waals surface area contributed by atoms with Crippen molar-refractivity contribution >= 4 is 6.21 Å². The van der Waals surface area contributed by atoms with Crippen molar-refractivity contribution in [1.29, 1.82) is 0 Å². The summed E-state index contributed by atoms with van der Waals surface area (Å²) in [4.78, 5) is 4.33. The fourth-order valence-corrected chi connectivity index (χ4v) is 1.78. The molecule has 0 fully saturated rings. The number of benzene rings is 2. The Morgan fingerprint density at radius 2 is 1.80 bits per heavy atom. The molecule has 2 rings (SSSR count). The second-order valence-corrected chi connectivity index (χ2v) is 4.25. The maximum absolute atomic E-state index is 9.74. The molecule has 0 saturated heterocycles. The number of aromatic hydroxyl groups is 1. The molecule has 0 unspecified atom stereocenters. The predicted octanol–water partition coefficient (Wildman–Crippen LogP) is 3.03. The van der Waals surface area contributed by atoms with E-state index in [1.54, 1.807) is 38.6 Å². The summed E-state index contributed by atoms with van der Waals surface area (Å²) < 4.78 is 10.3. The fourth-order valence-electron chi connectivity index (χ4n) is 1.78. The van der Waals surface area contributed by atoms with Crippen molar-refractivity contribution in [2.75, 3.05) is 14.2 Å². The predicted molar refractivity (Wildman–Crippen MR) is 79.0 cm³/mol. The Balaban J connectivity index is 2.09. The third-order valence-corrected chi connectivity index (χ3v) is 2.87. The molecule has 0 radical (unpaired) electrons. The first-order valence-electron chi connectivity index (χ1n) is 6.22. The average Bonchev–Trinajstić information content (AvgIpc) is 2.49. The minimum Gasteiger partial charge on any atom is -0.507 e. The van der Waals surface area contributed by atoms with E-state index in [0.29, 0.717) is 17.9 Å². The van der Waals surface area contributed by atoms with Crippen molar-refractivity contribution < 1.29 is 14.6 Å². The molecule has 0 heterocycles. The van der Waals surface area contributed by atoms with Crippen LogP contribution >= 0.6 is 0 Å². The number of phenols is 1. The molecule has 4 heteroatoms. The van der Waals surface area contributed by atoms with Crippen LogP contribution in [0.5, 0.6) is 17.2 Å². The summed E-state index contributed by atoms with van der Waals surface area (Å²) >= 11 is 0. The smallest absolute Gasteiger partial charge is 0.124 e. The molecule has 0 aromatic heterocycles. The van der Waals surface area contributed by atoms with E-state index >= 15 is 0 Å². The number of aliphatic imine (C=N–C) groups is 1. The molecule has 1 N–H and O–H groups in total. The number of phenolic OH excluding ortho intramolecular Hbond substituents is 1. The van der Waals surface area contributed by atoms with Crippen LogP contribution in [0.2, 0.25) is 0 Å². The summed E-state index contributed by atoms with van der Waals surface area (Å²) in [5.41, 5.74) is 1.68. The summed E-state index contributed by atoms with van der Waals surface area (Å²) in [5.74, 6) is 1.67. The zero-order valence-electron chi connectivity index (χ0n) is 11.5. The van der Waals surface area contributed by atoms with Crippen LogP contribution in [0.25, 0.3) is 0 Å². The number of methoxy groups -OCH3 is 2. The Morgan fingerprint density at radius 1 is 1.05 bits per heavy atom. The van der Waals surface area contributed by atoms with Gasteiger partial charge in [0, 0.05) is 11.8 Å². The lowest BCUT2D eigenvalue weighted by molar-refractivity contribution is 0.412. The van der Waals surface area contributed by atoms with Gasteiger partial charge in [0.05, 0.1) is 20.8 Å². The summed E-state index contributed by atoms with van der Waals surface area (Å²) in [6.07, 6.45) is 1.64. The molecule has 0 atom stereocenters. The Morgan fingerprint density at radius 3 is 2.55 bits per heavy atom. The minimum absolute atomic E-state index is 0.181. The van der Waals surface area contributed by atoms with Gasteiger partial charge in [-0.2, -0.15) is 0 Å². The molecule has 0 spiro atoms. The Labute approximate surface area is 118 Å². The molecule has 0 bridgehead atoms. The van der Waals surface area contributed by atoms with E-state index in [9.17, 15) is 5.11 Å². The quantitative estimate of drug-likeness (QED) is 0.850. The van der Waals surface area contributed by atoms with Crippen LogP contribution in [0, 0.1) is 0 Å². The molecule has 2 aromatic carbocycles. The van der Waals surface area contributed by atoms with Crippen LogP contribution in [0.1, 0.15) is 11.1 Å². The van der Waals surface area contributed by atoms with Crippen LogP contribution < -0.4 is 9.47 Å². The van der Waals surface area contributed by atoms with Gasteiger partial charge in [-0.05, 0) is 35.9 Å². The molecule has 4 nitrogen and oxygen atoms in total. The standard InChI is InChI=1S/C16H17NO3/c1-19-14-5-3-4-12(8-14)10-17-11-13-9-15(20-2)6-7-16(13)18/h3-9,11,18H,10H2,1-2H3. The van der Waals surface area contributed by atoms with Crippen LogP contribution in [0.4, 0.5) is 0 Å². The number of hydrogen-bond acceptors (Lipinski definition) is 4. The topological polar surface area (TPSA) is 51.0 Å². The van der Waals surface area contributed by atoms with Gasteiger partial charge in [-0.15, -0.1) is 0 Å². The van der Waals surface area contributed by atoms with Gasteiger partial charge in [0.1, 0.15) is 17.2 Å². The molecule has 20 heavy (non-hydrogen) atoms. The highest BCUT2D eigenvalue weighted by Crippen LogP contribution is 2.21. The first-order valence-corrected chi connectivity index (χ1v) is 6.22. The van der Waals surface area contributed by atoms with Gasteiger partial charge >= 0.3 is 0 Å². The van der Waals surface area contributed by atoms with Crippen molar-refractivity contribution in [2.24, 2.45) is 4.99 Å². The Hall–Kier alpha value is -2.49. The SMILES string of the molecule is COc1cccc(CN=Cc2cc(OC)ccc2O)c1. The maximum atomic E-state index is 9.74. The highest BCUT2D eigenvalue weighted by Gasteiger charge is 2.00. The van der Waals surface area contributed by atoms with Gasteiger partial charge in [-0.1, -0.05) is 12.1 Å². The van der Waals surface area contributed by atoms with E-state index < -0.39 is 0 Å². The zero-order valence-corrected chi connectivity index (χ0v) is 11.5. The third-order valence-electron chi connectivity index (χ3n) is 2.87. The lowest BCUT2D eigenvalue weighted by Gasteiger charge is -2.03. The van der Waals surface area contributed by atoms with E-state index in [1.165, 1.54) is 0 Å². The molecule has 0 aliphatic carbocycles. The first kappa shape index (κ1) is 13.9. The molecule has 0 saturated carbocycles. The molecular weight excluding hydrogens is 254 g/mol. The van der Waals surface area contributed by atoms with E-state index in [0.717, 1.165) is 11.3 Å². The lowest BCUT2D eigenvalue weighted by Crippen LogP contribution is -1.89. The molecule has 0 amide bonds. The van der Waals surface area contributed by atoms with Crippen molar-refractivity contribution in [3.63, 3.8) is 0 Å². The Kier molecular flexibility index (Phi) is 4.60. The molecule has 0 aliphatic heterocycles. The largest absolute Gasteiger partial charge is 0.507 e. The van der Waals surface area contributed by atoms with E-state index in [1.807, 2.05) is 24.3 Å². The van der Waals surface area contributed by atoms with Gasteiger partial charge < -0.3 is 14.6 Å². The molecular formula is C16H17NO3. The van der Waals surface area contributed by atoms with E-state index in [4.69, 9.17) is 9.47 Å². The second-order valence-electron chi connectivity index (χ2n) is 4.25. The van der Waals surface area contributed by atoms with Gasteiger partial charge in [0.25, 0.3) is 0 Å². The first-order chi connectivity index (χ1) is 9.72. The van der Waals surface area contributed by atoms with Crippen molar-refractivity contribution in [2.45, 2.75) is 6.54 Å². The van der Waals surface area contributed by atoms with Crippen LogP contribution in [0.15, 0.2) is 47.5 Å². The van der Waals surface area contributed by atoms with Crippen LogP contribution in [0.3, 0.4) is 0 Å². The van der Waals surface area contributed by atoms with Crippen LogP contribution in [-0.2, 0) is 6.54 Å². The zero-order chi connectivity index (χ0) is 14.4. The molecule has 2 aromatic rings. The number of nitrogens with zero attached hydrogens (tertiary/aromatic N) is 1. The highest BCUT2D eigenvalue weighted by atomic mass is 16.5. The number of hydrogen-bond donors (Lipinski definition) is 1. The maximum Gasteiger partial charge on any atom is 0.124 e. The number of rotatable bonds is 5. The van der Waals surface area contributed by atoms with E-state index in [-0.39, 0.29) is 5.75 Å². The number of ether oxygens (including phenoxy) is 2. The summed E-state index contributed by atoms with van der Waals surface area (Å²) in [5, 5.41) is 9.74. The van der Waals surface area contributed by atoms with Crippen molar-refractivity contribution in [3.05, 3.63) is 53.6 Å². The molecule has 0 aliphatic rings. The Bertz CT molecular complexity index is 608. The summed E-state index contributed by atoms with van der Waals surface area (Å²) in [7, 11) is 3.22. The van der Waals surface area contributed by atoms with E-state index in [2.05, 4.69) is 4.99 Å². The second kappa shape index (κ2) is 6.61. The minimum atomic E-state index is 0.181. The summed E-state index contributed by atoms with van der Waals surface area (Å²) in [6.45, 7) is 0.522. The van der Waals surface area contributed by atoms with Crippen LogP contribution in [-0.4, -0.2) is 25.5 Å². The van der Waals surface area contributed by atoms with Gasteiger partial charge in [0.15, 0.2) is 0 Å². The van der Waals surface area contributed by atoms with Crippen molar-refractivity contribution in [1.82, 2.24) is 0 Å². The highest BCUT2D eigenvalue weighted by molar-refractivity contribution is 5.84. The van der Waals surface area contributed by atoms with Crippen molar-refractivity contribution in [3.8, 4) is 17.2 Å². The molecule has 104 valence electrons. The normalized spacial score (nSPS) is 10.7. The summed E-state index contributed by atoms with van der Waals surface area (Å²) in [6, 6.07) is 12.8. The lowest BCUT2D eigenvalue weighted by atomic mass is 10.2.